The fourth-order valence-electron chi connectivity index (χ4n) is 4.20. The lowest BCUT2D eigenvalue weighted by Crippen LogP contribution is -2.40. The summed E-state index contributed by atoms with van der Waals surface area (Å²) in [5.41, 5.74) is 2.54. The highest BCUT2D eigenvalue weighted by Gasteiger charge is 2.40. The van der Waals surface area contributed by atoms with E-state index in [1.165, 1.54) is 24.1 Å². The van der Waals surface area contributed by atoms with Crippen LogP contribution in [0.2, 0.25) is 0 Å². The number of anilines is 2. The van der Waals surface area contributed by atoms with E-state index in [2.05, 4.69) is 10.2 Å². The summed E-state index contributed by atoms with van der Waals surface area (Å²) in [6, 6.07) is 0.667. The number of amides is 1. The van der Waals surface area contributed by atoms with E-state index in [1.807, 2.05) is 19.0 Å². The fourth-order valence-corrected chi connectivity index (χ4v) is 4.20. The minimum atomic E-state index is 0.179. The van der Waals surface area contributed by atoms with Crippen LogP contribution in [0, 0.1) is 0 Å². The van der Waals surface area contributed by atoms with Gasteiger partial charge in [-0.3, -0.25) is 4.79 Å². The number of nitrogens with zero attached hydrogens (tertiary/aromatic N) is 4. The molecule has 4 rings (SSSR count). The first kappa shape index (κ1) is 14.7. The standard InChI is InChI=1S/C17H25N5O/c1-21(2)17-19-14-6-4-3-5-13(14)16(20-17)22-11-7-8-12(22)10-18-15(23)9-11/h11-12H,3-10H2,1-2H3,(H,18,23)/t11-,12+/m1/s1. The van der Waals surface area contributed by atoms with Crippen molar-refractivity contribution < 1.29 is 4.79 Å². The molecule has 0 aromatic carbocycles. The largest absolute Gasteiger partial charge is 0.354 e. The Kier molecular flexibility index (Phi) is 3.62. The van der Waals surface area contributed by atoms with Crippen molar-refractivity contribution in [3.8, 4) is 0 Å². The quantitative estimate of drug-likeness (QED) is 0.891. The maximum absolute atomic E-state index is 11.9. The smallest absolute Gasteiger partial charge is 0.227 e. The minimum absolute atomic E-state index is 0.179. The van der Waals surface area contributed by atoms with Gasteiger partial charge < -0.3 is 15.1 Å². The number of rotatable bonds is 2. The predicted octanol–water partition coefficient (Wildman–Crippen LogP) is 1.28. The van der Waals surface area contributed by atoms with Crippen LogP contribution in [0.15, 0.2) is 0 Å². The number of aromatic nitrogens is 2. The summed E-state index contributed by atoms with van der Waals surface area (Å²) in [7, 11) is 3.99. The lowest BCUT2D eigenvalue weighted by molar-refractivity contribution is -0.121. The summed E-state index contributed by atoms with van der Waals surface area (Å²) >= 11 is 0. The van der Waals surface area contributed by atoms with Crippen LogP contribution in [0.25, 0.3) is 0 Å². The van der Waals surface area contributed by atoms with Gasteiger partial charge in [0.15, 0.2) is 0 Å². The number of hydrogen-bond acceptors (Lipinski definition) is 5. The number of nitrogens with one attached hydrogen (secondary N) is 1. The van der Waals surface area contributed by atoms with Crippen molar-refractivity contribution in [2.45, 2.75) is 57.0 Å². The maximum Gasteiger partial charge on any atom is 0.227 e. The third-order valence-electron chi connectivity index (χ3n) is 5.37. The normalized spacial score (nSPS) is 26.5. The van der Waals surface area contributed by atoms with Crippen LogP contribution < -0.4 is 15.1 Å². The predicted molar refractivity (Wildman–Crippen MR) is 89.9 cm³/mol. The number of hydrogen-bond donors (Lipinski definition) is 1. The van der Waals surface area contributed by atoms with Gasteiger partial charge in [0, 0.05) is 44.7 Å². The first-order valence-electron chi connectivity index (χ1n) is 8.75. The van der Waals surface area contributed by atoms with Gasteiger partial charge in [0.25, 0.3) is 0 Å². The molecule has 0 radical (unpaired) electrons. The Balaban J connectivity index is 1.81. The molecule has 0 unspecified atom stereocenters. The molecule has 2 bridgehead atoms. The molecular formula is C17H25N5O. The number of carbonyl (C=O) groups is 1. The van der Waals surface area contributed by atoms with Gasteiger partial charge in [-0.1, -0.05) is 0 Å². The van der Waals surface area contributed by atoms with Crippen LogP contribution in [-0.2, 0) is 17.6 Å². The topological polar surface area (TPSA) is 61.4 Å². The van der Waals surface area contributed by atoms with E-state index in [1.54, 1.807) is 0 Å². The van der Waals surface area contributed by atoms with Gasteiger partial charge in [-0.25, -0.2) is 4.98 Å². The highest BCUT2D eigenvalue weighted by molar-refractivity contribution is 5.78. The molecule has 2 aliphatic heterocycles. The molecule has 2 saturated heterocycles. The molecule has 2 fully saturated rings. The Labute approximate surface area is 137 Å². The Morgan fingerprint density at radius 2 is 1.91 bits per heavy atom. The van der Waals surface area contributed by atoms with E-state index in [0.717, 1.165) is 44.0 Å². The van der Waals surface area contributed by atoms with Crippen molar-refractivity contribution in [2.75, 3.05) is 30.4 Å². The van der Waals surface area contributed by atoms with E-state index in [9.17, 15) is 4.79 Å². The molecule has 3 heterocycles. The van der Waals surface area contributed by atoms with Gasteiger partial charge in [-0.05, 0) is 38.5 Å². The fraction of sp³-hybridized carbons (Fsp3) is 0.706. The van der Waals surface area contributed by atoms with Crippen molar-refractivity contribution in [3.05, 3.63) is 11.3 Å². The van der Waals surface area contributed by atoms with Crippen molar-refractivity contribution in [2.24, 2.45) is 0 Å². The van der Waals surface area contributed by atoms with Gasteiger partial charge in [0.05, 0.1) is 5.69 Å². The molecule has 2 atom stereocenters. The van der Waals surface area contributed by atoms with Gasteiger partial charge in [-0.2, -0.15) is 4.98 Å². The van der Waals surface area contributed by atoms with E-state index < -0.39 is 0 Å². The first-order valence-corrected chi connectivity index (χ1v) is 8.75. The second-order valence-electron chi connectivity index (χ2n) is 7.17. The maximum atomic E-state index is 11.9. The third kappa shape index (κ3) is 2.54. The van der Waals surface area contributed by atoms with E-state index >= 15 is 0 Å². The van der Waals surface area contributed by atoms with Crippen LogP contribution >= 0.6 is 0 Å². The Morgan fingerprint density at radius 1 is 1.13 bits per heavy atom. The molecule has 23 heavy (non-hydrogen) atoms. The zero-order valence-electron chi connectivity index (χ0n) is 14.0. The Hall–Kier alpha value is -1.85. The number of carbonyl (C=O) groups excluding carboxylic acids is 1. The monoisotopic (exact) mass is 315 g/mol. The average Bonchev–Trinajstić information content (AvgIpc) is 2.85. The molecule has 1 amide bonds. The number of fused-ring (bicyclic) bond motifs is 3. The second kappa shape index (κ2) is 5.65. The number of aryl methyl sites for hydroxylation is 1. The summed E-state index contributed by atoms with van der Waals surface area (Å²) in [6.07, 6.45) is 7.36. The molecule has 6 heteroatoms. The van der Waals surface area contributed by atoms with Crippen LogP contribution in [-0.4, -0.2) is 48.6 Å². The van der Waals surface area contributed by atoms with Gasteiger partial charge in [-0.15, -0.1) is 0 Å². The molecule has 3 aliphatic rings. The zero-order chi connectivity index (χ0) is 16.0. The van der Waals surface area contributed by atoms with Crippen molar-refractivity contribution in [1.29, 1.82) is 0 Å². The van der Waals surface area contributed by atoms with Crippen LogP contribution in [0.3, 0.4) is 0 Å². The molecule has 1 aromatic rings. The SMILES string of the molecule is CN(C)c1nc2c(c(N3[C@@H]4CC[C@H]3CNC(=O)C4)n1)CCCC2. The average molecular weight is 315 g/mol. The Morgan fingerprint density at radius 3 is 2.74 bits per heavy atom. The molecule has 124 valence electrons. The van der Waals surface area contributed by atoms with Crippen molar-refractivity contribution >= 4 is 17.7 Å². The highest BCUT2D eigenvalue weighted by atomic mass is 16.1. The van der Waals surface area contributed by atoms with Crippen molar-refractivity contribution in [3.63, 3.8) is 0 Å². The molecular weight excluding hydrogens is 290 g/mol. The van der Waals surface area contributed by atoms with Crippen molar-refractivity contribution in [1.82, 2.24) is 15.3 Å². The summed E-state index contributed by atoms with van der Waals surface area (Å²) in [6.45, 7) is 0.741. The Bertz CT molecular complexity index is 630. The lowest BCUT2D eigenvalue weighted by Gasteiger charge is -2.33. The third-order valence-corrected chi connectivity index (χ3v) is 5.37. The second-order valence-corrected chi connectivity index (χ2v) is 7.17. The van der Waals surface area contributed by atoms with E-state index in [-0.39, 0.29) is 5.91 Å². The van der Waals surface area contributed by atoms with Crippen LogP contribution in [0.4, 0.5) is 11.8 Å². The molecule has 1 aromatic heterocycles. The summed E-state index contributed by atoms with van der Waals surface area (Å²) in [5, 5.41) is 3.06. The summed E-state index contributed by atoms with van der Waals surface area (Å²) in [4.78, 5) is 26.1. The van der Waals surface area contributed by atoms with E-state index in [0.29, 0.717) is 18.5 Å². The molecule has 1 N–H and O–H groups in total. The van der Waals surface area contributed by atoms with Gasteiger partial charge in [0.2, 0.25) is 11.9 Å². The molecule has 0 saturated carbocycles. The van der Waals surface area contributed by atoms with Gasteiger partial charge >= 0.3 is 0 Å². The zero-order valence-corrected chi connectivity index (χ0v) is 14.0. The minimum Gasteiger partial charge on any atom is -0.354 e. The first-order chi connectivity index (χ1) is 11.1. The molecule has 0 spiro atoms. The highest BCUT2D eigenvalue weighted by Crippen LogP contribution is 2.38. The molecule has 1 aliphatic carbocycles. The van der Waals surface area contributed by atoms with Gasteiger partial charge in [0.1, 0.15) is 5.82 Å². The van der Waals surface area contributed by atoms with E-state index in [4.69, 9.17) is 9.97 Å². The summed E-state index contributed by atoms with van der Waals surface area (Å²) in [5.74, 6) is 2.07. The van der Waals surface area contributed by atoms with Crippen LogP contribution in [0.5, 0.6) is 0 Å². The summed E-state index contributed by atoms with van der Waals surface area (Å²) < 4.78 is 0. The van der Waals surface area contributed by atoms with Crippen LogP contribution in [0.1, 0.15) is 43.4 Å². The lowest BCUT2D eigenvalue weighted by atomic mass is 9.95. The molecule has 6 nitrogen and oxygen atoms in total.